The lowest BCUT2D eigenvalue weighted by molar-refractivity contribution is 0.587. The molecule has 0 heterocycles. The number of halogens is 5. The topological polar surface area (TPSA) is 0 Å². The lowest BCUT2D eigenvalue weighted by Crippen LogP contribution is -1.99. The Hall–Kier alpha value is -0.830. The van der Waals surface area contributed by atoms with Gasteiger partial charge in [-0.25, -0.2) is 8.78 Å². The Balaban J connectivity index is 2.54. The van der Waals surface area contributed by atoms with E-state index in [1.165, 1.54) is 0 Å². The summed E-state index contributed by atoms with van der Waals surface area (Å²) in [6.45, 7) is 0. The van der Waals surface area contributed by atoms with Crippen molar-refractivity contribution in [1.29, 1.82) is 0 Å². The van der Waals surface area contributed by atoms with Gasteiger partial charge in [-0.15, -0.1) is 11.6 Å². The molecule has 5 heteroatoms. The summed E-state index contributed by atoms with van der Waals surface area (Å²) in [5.74, 6) is -1.17. The van der Waals surface area contributed by atoms with E-state index in [1.54, 1.807) is 18.2 Å². The van der Waals surface area contributed by atoms with Crippen molar-refractivity contribution in [1.82, 2.24) is 0 Å². The van der Waals surface area contributed by atoms with Crippen LogP contribution in [0.4, 0.5) is 8.78 Å². The molecule has 0 aliphatic heterocycles. The van der Waals surface area contributed by atoms with Gasteiger partial charge in [-0.05, 0) is 30.3 Å². The first kappa shape index (κ1) is 13.6. The van der Waals surface area contributed by atoms with Gasteiger partial charge < -0.3 is 0 Å². The molecule has 0 aromatic heterocycles. The minimum absolute atomic E-state index is 0.00617. The molecule has 0 saturated heterocycles. The van der Waals surface area contributed by atoms with Gasteiger partial charge in [0, 0.05) is 21.2 Å². The van der Waals surface area contributed by atoms with Crippen molar-refractivity contribution >= 4 is 34.8 Å². The summed E-state index contributed by atoms with van der Waals surface area (Å²) in [6, 6.07) is 7.92. The third-order valence-electron chi connectivity index (χ3n) is 2.48. The molecule has 2 aromatic carbocycles. The highest BCUT2D eigenvalue weighted by Crippen LogP contribution is 2.39. The van der Waals surface area contributed by atoms with E-state index in [0.29, 0.717) is 15.6 Å². The molecule has 2 aromatic rings. The van der Waals surface area contributed by atoms with E-state index in [2.05, 4.69) is 0 Å². The zero-order valence-electron chi connectivity index (χ0n) is 8.93. The van der Waals surface area contributed by atoms with Crippen molar-refractivity contribution in [2.45, 2.75) is 5.38 Å². The predicted molar refractivity (Wildman–Crippen MR) is 70.5 cm³/mol. The number of benzene rings is 2. The third kappa shape index (κ3) is 2.61. The second kappa shape index (κ2) is 5.43. The second-order valence-electron chi connectivity index (χ2n) is 3.66. The van der Waals surface area contributed by atoms with E-state index in [0.717, 1.165) is 18.2 Å². The smallest absolute Gasteiger partial charge is 0.128 e. The highest BCUT2D eigenvalue weighted by atomic mass is 35.5. The molecule has 0 radical (unpaired) electrons. The molecule has 2 rings (SSSR count). The molecule has 0 N–H and O–H groups in total. The summed E-state index contributed by atoms with van der Waals surface area (Å²) in [6.07, 6.45) is 0. The van der Waals surface area contributed by atoms with Crippen molar-refractivity contribution in [3.63, 3.8) is 0 Å². The largest absolute Gasteiger partial charge is 0.207 e. The Bertz CT molecular complexity index is 564. The van der Waals surface area contributed by atoms with Crippen LogP contribution in [0.15, 0.2) is 36.4 Å². The number of hydrogen-bond acceptors (Lipinski definition) is 0. The van der Waals surface area contributed by atoms with Crippen LogP contribution in [0, 0.1) is 11.6 Å². The fourth-order valence-electron chi connectivity index (χ4n) is 1.62. The van der Waals surface area contributed by atoms with Crippen molar-refractivity contribution < 1.29 is 8.78 Å². The SMILES string of the molecule is Fc1ccc(F)c(C(Cl)c2c(Cl)cccc2Cl)c1. The normalized spacial score (nSPS) is 12.5. The molecule has 94 valence electrons. The van der Waals surface area contributed by atoms with Crippen molar-refractivity contribution in [2.75, 3.05) is 0 Å². The summed E-state index contributed by atoms with van der Waals surface area (Å²) >= 11 is 18.1. The molecule has 0 nitrogen and oxygen atoms in total. The number of alkyl halides is 1. The van der Waals surface area contributed by atoms with Gasteiger partial charge in [0.2, 0.25) is 0 Å². The summed E-state index contributed by atoms with van der Waals surface area (Å²) in [5.41, 5.74) is 0.374. The maximum absolute atomic E-state index is 13.6. The maximum Gasteiger partial charge on any atom is 0.128 e. The van der Waals surface area contributed by atoms with Gasteiger partial charge in [-0.1, -0.05) is 29.3 Å². The monoisotopic (exact) mass is 306 g/mol. The molecular weight excluding hydrogens is 300 g/mol. The molecule has 0 fully saturated rings. The van der Waals surface area contributed by atoms with Crippen LogP contribution in [0.2, 0.25) is 10.0 Å². The molecule has 0 aliphatic carbocycles. The van der Waals surface area contributed by atoms with Crippen LogP contribution in [-0.2, 0) is 0 Å². The highest BCUT2D eigenvalue weighted by molar-refractivity contribution is 6.38. The van der Waals surface area contributed by atoms with Crippen LogP contribution >= 0.6 is 34.8 Å². The van der Waals surface area contributed by atoms with Gasteiger partial charge in [-0.2, -0.15) is 0 Å². The second-order valence-corrected chi connectivity index (χ2v) is 4.91. The van der Waals surface area contributed by atoms with Crippen LogP contribution < -0.4 is 0 Å². The summed E-state index contributed by atoms with van der Waals surface area (Å²) < 4.78 is 26.8. The van der Waals surface area contributed by atoms with Crippen LogP contribution in [-0.4, -0.2) is 0 Å². The van der Waals surface area contributed by atoms with E-state index in [9.17, 15) is 8.78 Å². The van der Waals surface area contributed by atoms with Gasteiger partial charge in [0.25, 0.3) is 0 Å². The van der Waals surface area contributed by atoms with Crippen molar-refractivity contribution in [2.24, 2.45) is 0 Å². The molecule has 0 amide bonds. The van der Waals surface area contributed by atoms with E-state index in [4.69, 9.17) is 34.8 Å². The molecule has 18 heavy (non-hydrogen) atoms. The first-order valence-corrected chi connectivity index (χ1v) is 6.23. The van der Waals surface area contributed by atoms with Crippen LogP contribution in [0.25, 0.3) is 0 Å². The Morgan fingerprint density at radius 2 is 1.56 bits per heavy atom. The summed E-state index contributed by atoms with van der Waals surface area (Å²) in [4.78, 5) is 0. The third-order valence-corrected chi connectivity index (χ3v) is 3.60. The van der Waals surface area contributed by atoms with E-state index >= 15 is 0 Å². The Labute approximate surface area is 118 Å². The molecular formula is C13H7Cl3F2. The Morgan fingerprint density at radius 3 is 2.17 bits per heavy atom. The standard InChI is InChI=1S/C13H7Cl3F2/c14-9-2-1-3-10(15)12(9)13(16)8-6-7(17)4-5-11(8)18/h1-6,13H. The molecule has 1 unspecified atom stereocenters. The van der Waals surface area contributed by atoms with Gasteiger partial charge in [0.15, 0.2) is 0 Å². The molecule has 0 saturated carbocycles. The first-order chi connectivity index (χ1) is 8.50. The van der Waals surface area contributed by atoms with Gasteiger partial charge in [-0.3, -0.25) is 0 Å². The fraction of sp³-hybridized carbons (Fsp3) is 0.0769. The zero-order chi connectivity index (χ0) is 13.3. The summed E-state index contributed by atoms with van der Waals surface area (Å²) in [5, 5.41) is -0.320. The number of hydrogen-bond donors (Lipinski definition) is 0. The predicted octanol–water partition coefficient (Wildman–Crippen LogP) is 5.60. The van der Waals surface area contributed by atoms with E-state index in [1.807, 2.05) is 0 Å². The van der Waals surface area contributed by atoms with Gasteiger partial charge in [0.05, 0.1) is 5.38 Å². The van der Waals surface area contributed by atoms with Crippen molar-refractivity contribution in [3.8, 4) is 0 Å². The first-order valence-electron chi connectivity index (χ1n) is 5.03. The van der Waals surface area contributed by atoms with Crippen molar-refractivity contribution in [3.05, 3.63) is 69.2 Å². The fourth-order valence-corrected chi connectivity index (χ4v) is 2.75. The Kier molecular flexibility index (Phi) is 4.10. The van der Waals surface area contributed by atoms with Gasteiger partial charge >= 0.3 is 0 Å². The minimum Gasteiger partial charge on any atom is -0.207 e. The average Bonchev–Trinajstić information content (AvgIpc) is 2.32. The van der Waals surface area contributed by atoms with Crippen LogP contribution in [0.5, 0.6) is 0 Å². The lowest BCUT2D eigenvalue weighted by Gasteiger charge is -2.14. The van der Waals surface area contributed by atoms with E-state index < -0.39 is 17.0 Å². The van der Waals surface area contributed by atoms with Crippen LogP contribution in [0.1, 0.15) is 16.5 Å². The van der Waals surface area contributed by atoms with E-state index in [-0.39, 0.29) is 5.56 Å². The molecule has 0 bridgehead atoms. The minimum atomic E-state index is -0.943. The maximum atomic E-state index is 13.6. The lowest BCUT2D eigenvalue weighted by atomic mass is 10.0. The number of rotatable bonds is 2. The summed E-state index contributed by atoms with van der Waals surface area (Å²) in [7, 11) is 0. The Morgan fingerprint density at radius 1 is 0.944 bits per heavy atom. The molecule has 0 aliphatic rings. The molecule has 0 spiro atoms. The quantitative estimate of drug-likeness (QED) is 0.633. The average molecular weight is 308 g/mol. The van der Waals surface area contributed by atoms with Gasteiger partial charge in [0.1, 0.15) is 11.6 Å². The molecule has 1 atom stereocenters. The highest BCUT2D eigenvalue weighted by Gasteiger charge is 2.21. The zero-order valence-corrected chi connectivity index (χ0v) is 11.2. The van der Waals surface area contributed by atoms with Crippen LogP contribution in [0.3, 0.4) is 0 Å².